The summed E-state index contributed by atoms with van der Waals surface area (Å²) >= 11 is 0. The monoisotopic (exact) mass is 291 g/mol. The Morgan fingerprint density at radius 2 is 1.89 bits per heavy atom. The van der Waals surface area contributed by atoms with Crippen LogP contribution in [-0.4, -0.2) is 14.7 Å². The number of hydrogen-bond acceptors (Lipinski definition) is 1. The fraction of sp³-hybridized carbons (Fsp3) is 0.462. The molecule has 6 heteroatoms. The molecule has 1 atom stereocenters. The first-order chi connectivity index (χ1) is 8.64. The molecule has 0 aromatic heterocycles. The highest BCUT2D eigenvalue weighted by Crippen LogP contribution is 2.25. The molecular formula is C13H16F3NOS. The molecule has 0 fully saturated rings. The summed E-state index contributed by atoms with van der Waals surface area (Å²) in [6.45, 7) is 6.64. The largest absolute Gasteiger partial charge is 0.266 e. The molecule has 0 unspecified atom stereocenters. The minimum atomic E-state index is -2.89. The summed E-state index contributed by atoms with van der Waals surface area (Å²) < 4.78 is 54.2. The highest BCUT2D eigenvalue weighted by atomic mass is 32.2. The molecule has 0 heterocycles. The molecule has 0 amide bonds. The van der Waals surface area contributed by atoms with Gasteiger partial charge < -0.3 is 0 Å². The Balaban J connectivity index is 3.21. The summed E-state index contributed by atoms with van der Waals surface area (Å²) in [6.07, 6.45) is -2.89. The van der Waals surface area contributed by atoms with E-state index in [1.165, 1.54) is 19.1 Å². The van der Waals surface area contributed by atoms with Crippen LogP contribution in [0.5, 0.6) is 0 Å². The lowest BCUT2D eigenvalue weighted by molar-refractivity contribution is 0.146. The van der Waals surface area contributed by atoms with Crippen LogP contribution in [0.15, 0.2) is 22.6 Å². The maximum absolute atomic E-state index is 13.9. The predicted molar refractivity (Wildman–Crippen MR) is 71.5 cm³/mol. The molecule has 0 saturated carbocycles. The van der Waals surface area contributed by atoms with Crippen LogP contribution < -0.4 is 0 Å². The predicted octanol–water partition coefficient (Wildman–Crippen LogP) is 4.03. The van der Waals surface area contributed by atoms with Gasteiger partial charge in [-0.2, -0.15) is 4.40 Å². The van der Waals surface area contributed by atoms with Crippen LogP contribution in [0, 0.1) is 5.82 Å². The van der Waals surface area contributed by atoms with Crippen LogP contribution in [0.1, 0.15) is 45.2 Å². The Hall–Kier alpha value is -1.17. The summed E-state index contributed by atoms with van der Waals surface area (Å²) in [4.78, 5) is 0. The molecule has 0 N–H and O–H groups in total. The van der Waals surface area contributed by atoms with Crippen molar-refractivity contribution in [3.8, 4) is 0 Å². The van der Waals surface area contributed by atoms with Gasteiger partial charge in [-0.3, -0.25) is 0 Å². The maximum atomic E-state index is 13.9. The van der Waals surface area contributed by atoms with E-state index in [4.69, 9.17) is 0 Å². The van der Waals surface area contributed by atoms with Gasteiger partial charge in [0.2, 0.25) is 0 Å². The van der Waals surface area contributed by atoms with Crippen LogP contribution in [-0.2, 0) is 11.0 Å². The molecule has 106 valence electrons. The van der Waals surface area contributed by atoms with Gasteiger partial charge in [-0.25, -0.2) is 17.4 Å². The fourth-order valence-electron chi connectivity index (χ4n) is 1.31. The second-order valence-corrected chi connectivity index (χ2v) is 6.95. The zero-order chi connectivity index (χ0) is 14.8. The molecule has 2 nitrogen and oxygen atoms in total. The molecule has 1 aromatic carbocycles. The number of nitrogens with zero attached hydrogens (tertiary/aromatic N) is 1. The van der Waals surface area contributed by atoms with Crippen molar-refractivity contribution in [1.82, 2.24) is 0 Å². The van der Waals surface area contributed by atoms with Crippen LogP contribution in [0.3, 0.4) is 0 Å². The molecular weight excluding hydrogens is 275 g/mol. The van der Waals surface area contributed by atoms with Crippen molar-refractivity contribution in [1.29, 1.82) is 0 Å². The third kappa shape index (κ3) is 3.89. The van der Waals surface area contributed by atoms with Gasteiger partial charge in [0.05, 0.1) is 16.0 Å². The zero-order valence-corrected chi connectivity index (χ0v) is 12.0. The second-order valence-electron chi connectivity index (χ2n) is 5.05. The van der Waals surface area contributed by atoms with Gasteiger partial charge in [-0.15, -0.1) is 0 Å². The molecule has 0 saturated heterocycles. The summed E-state index contributed by atoms with van der Waals surface area (Å²) in [6, 6.07) is 3.70. The van der Waals surface area contributed by atoms with Gasteiger partial charge >= 0.3 is 0 Å². The number of benzene rings is 1. The molecule has 0 aliphatic rings. The van der Waals surface area contributed by atoms with Gasteiger partial charge in [0.15, 0.2) is 0 Å². The number of halogens is 3. The highest BCUT2D eigenvalue weighted by Gasteiger charge is 2.21. The number of rotatable bonds is 3. The van der Waals surface area contributed by atoms with E-state index in [1.54, 1.807) is 20.8 Å². The normalized spacial score (nSPS) is 14.8. The smallest absolute Gasteiger partial charge is 0.234 e. The summed E-state index contributed by atoms with van der Waals surface area (Å²) in [5.41, 5.74) is -0.572. The van der Waals surface area contributed by atoms with Gasteiger partial charge in [0.1, 0.15) is 16.8 Å². The van der Waals surface area contributed by atoms with E-state index in [1.807, 2.05) is 0 Å². The molecule has 1 rings (SSSR count). The first-order valence-corrected chi connectivity index (χ1v) is 6.79. The van der Waals surface area contributed by atoms with Gasteiger partial charge in [0.25, 0.3) is 6.43 Å². The van der Waals surface area contributed by atoms with Crippen LogP contribution >= 0.6 is 0 Å². The molecule has 0 radical (unpaired) electrons. The van der Waals surface area contributed by atoms with Crippen molar-refractivity contribution < 1.29 is 17.4 Å². The third-order valence-corrected chi connectivity index (χ3v) is 3.88. The Kier molecular flexibility index (Phi) is 4.90. The van der Waals surface area contributed by atoms with Crippen molar-refractivity contribution in [2.45, 2.75) is 38.9 Å². The van der Waals surface area contributed by atoms with Gasteiger partial charge in [-0.05, 0) is 27.7 Å². The van der Waals surface area contributed by atoms with E-state index in [9.17, 15) is 17.4 Å². The molecule has 0 spiro atoms. The van der Waals surface area contributed by atoms with E-state index in [2.05, 4.69) is 4.40 Å². The second kappa shape index (κ2) is 5.86. The van der Waals surface area contributed by atoms with Gasteiger partial charge in [-0.1, -0.05) is 18.2 Å². The maximum Gasteiger partial charge on any atom is 0.266 e. The lowest BCUT2D eigenvalue weighted by Gasteiger charge is -2.14. The van der Waals surface area contributed by atoms with Crippen molar-refractivity contribution in [2.75, 3.05) is 0 Å². The summed E-state index contributed by atoms with van der Waals surface area (Å²) in [5.74, 6) is -1.01. The number of alkyl halides is 2. The summed E-state index contributed by atoms with van der Waals surface area (Å²) in [5, 5.41) is 0. The van der Waals surface area contributed by atoms with Crippen LogP contribution in [0.2, 0.25) is 0 Å². The first-order valence-electron chi connectivity index (χ1n) is 5.69. The lowest BCUT2D eigenvalue weighted by Crippen LogP contribution is -2.21. The van der Waals surface area contributed by atoms with E-state index >= 15 is 0 Å². The third-order valence-electron chi connectivity index (χ3n) is 2.40. The van der Waals surface area contributed by atoms with E-state index < -0.39 is 33.5 Å². The standard InChI is InChI=1S/C13H16F3NOS/c1-8(17-19(18)13(2,3)4)9-6-5-7-10(11(9)14)12(15)16/h5-7,12H,1-4H3/b17-8+/t19-/m1/s1. The van der Waals surface area contributed by atoms with E-state index in [0.717, 1.165) is 6.07 Å². The average molecular weight is 291 g/mol. The van der Waals surface area contributed by atoms with Crippen molar-refractivity contribution >= 4 is 16.7 Å². The average Bonchev–Trinajstić information content (AvgIpc) is 2.27. The van der Waals surface area contributed by atoms with Crippen LogP contribution in [0.25, 0.3) is 0 Å². The molecule has 0 aliphatic carbocycles. The highest BCUT2D eigenvalue weighted by molar-refractivity contribution is 7.85. The lowest BCUT2D eigenvalue weighted by atomic mass is 10.1. The number of hydrogen-bond donors (Lipinski definition) is 0. The minimum absolute atomic E-state index is 0.0459. The fourth-order valence-corrected chi connectivity index (χ4v) is 1.93. The van der Waals surface area contributed by atoms with Gasteiger partial charge in [0, 0.05) is 5.56 Å². The SMILES string of the molecule is C/C(=N\[S@](=O)C(C)(C)C)c1cccc(C(F)F)c1F. The topological polar surface area (TPSA) is 29.4 Å². The summed E-state index contributed by atoms with van der Waals surface area (Å²) in [7, 11) is -1.56. The Bertz CT molecular complexity index is 521. The Morgan fingerprint density at radius 1 is 1.32 bits per heavy atom. The first kappa shape index (κ1) is 15.9. The molecule has 0 bridgehead atoms. The van der Waals surface area contributed by atoms with E-state index in [-0.39, 0.29) is 11.3 Å². The van der Waals surface area contributed by atoms with Crippen LogP contribution in [0.4, 0.5) is 13.2 Å². The Morgan fingerprint density at radius 3 is 2.37 bits per heavy atom. The molecule has 0 aliphatic heterocycles. The zero-order valence-electron chi connectivity index (χ0n) is 11.2. The molecule has 19 heavy (non-hydrogen) atoms. The molecule has 1 aromatic rings. The Labute approximate surface area is 113 Å². The quantitative estimate of drug-likeness (QED) is 0.773. The van der Waals surface area contributed by atoms with E-state index in [0.29, 0.717) is 0 Å². The van der Waals surface area contributed by atoms with Crippen molar-refractivity contribution in [3.63, 3.8) is 0 Å². The van der Waals surface area contributed by atoms with Crippen molar-refractivity contribution in [2.24, 2.45) is 4.40 Å². The van der Waals surface area contributed by atoms with Crippen molar-refractivity contribution in [3.05, 3.63) is 35.1 Å². The minimum Gasteiger partial charge on any atom is -0.234 e.